The molecule has 1 amide bonds. The zero-order valence-corrected chi connectivity index (χ0v) is 24.2. The number of tetrazole rings is 1. The third-order valence-corrected chi connectivity index (χ3v) is 7.79. The van der Waals surface area contributed by atoms with E-state index in [1.807, 2.05) is 53.4 Å². The molecule has 226 valence electrons. The van der Waals surface area contributed by atoms with Crippen molar-refractivity contribution in [3.05, 3.63) is 64.2 Å². The van der Waals surface area contributed by atoms with Gasteiger partial charge in [-0.3, -0.25) is 14.7 Å². The third kappa shape index (κ3) is 6.87. The van der Waals surface area contributed by atoms with Gasteiger partial charge in [0.2, 0.25) is 5.82 Å². The molecule has 13 heteroatoms. The number of aromatic nitrogens is 4. The fourth-order valence-corrected chi connectivity index (χ4v) is 5.56. The molecule has 1 aliphatic carbocycles. The quantitative estimate of drug-likeness (QED) is 0.148. The second kappa shape index (κ2) is 13.5. The second-order valence-corrected chi connectivity index (χ2v) is 10.8. The van der Waals surface area contributed by atoms with Crippen molar-refractivity contribution in [3.63, 3.8) is 0 Å². The Labute approximate surface area is 249 Å². The average Bonchev–Trinajstić information content (AvgIpc) is 3.76. The lowest BCUT2D eigenvalue weighted by Crippen LogP contribution is -2.40. The Morgan fingerprint density at radius 1 is 1.02 bits per heavy atom. The smallest absolute Gasteiger partial charge is 0.447 e. The van der Waals surface area contributed by atoms with Crippen LogP contribution in [0.3, 0.4) is 0 Å². The van der Waals surface area contributed by atoms with Crippen molar-refractivity contribution in [1.82, 2.24) is 25.1 Å². The van der Waals surface area contributed by atoms with Gasteiger partial charge in [0.1, 0.15) is 11.4 Å². The van der Waals surface area contributed by atoms with E-state index in [2.05, 4.69) is 27.2 Å². The molecule has 0 N–H and O–H groups in total. The summed E-state index contributed by atoms with van der Waals surface area (Å²) in [7, 11) is 0. The molecule has 2 aliphatic rings. The van der Waals surface area contributed by atoms with Crippen LogP contribution in [0.15, 0.2) is 53.5 Å². The van der Waals surface area contributed by atoms with Gasteiger partial charge in [0.25, 0.3) is 11.0 Å². The number of hydrogen-bond donors (Lipinski definition) is 0. The van der Waals surface area contributed by atoms with E-state index in [4.69, 9.17) is 9.73 Å². The zero-order valence-electron chi connectivity index (χ0n) is 24.2. The Balaban J connectivity index is 1.25. The molecular formula is C30H35N7O6. The van der Waals surface area contributed by atoms with E-state index in [9.17, 15) is 19.7 Å². The van der Waals surface area contributed by atoms with E-state index in [0.29, 0.717) is 24.9 Å². The molecule has 13 nitrogen and oxygen atoms in total. The van der Waals surface area contributed by atoms with E-state index in [0.717, 1.165) is 72.3 Å². The number of amidine groups is 1. The highest BCUT2D eigenvalue weighted by Crippen LogP contribution is 2.40. The summed E-state index contributed by atoms with van der Waals surface area (Å²) < 4.78 is 5.13. The number of hydrogen-bond acceptors (Lipinski definition) is 10. The fourth-order valence-electron chi connectivity index (χ4n) is 5.56. The molecule has 1 fully saturated rings. The van der Waals surface area contributed by atoms with Crippen LogP contribution in [0.2, 0.25) is 0 Å². The molecule has 1 aromatic heterocycles. The van der Waals surface area contributed by atoms with Crippen molar-refractivity contribution in [3.8, 4) is 22.5 Å². The van der Waals surface area contributed by atoms with E-state index in [1.165, 1.54) is 0 Å². The molecule has 3 aromatic rings. The summed E-state index contributed by atoms with van der Waals surface area (Å²) in [4.78, 5) is 47.9. The topological polar surface area (TPSA) is 155 Å². The fraction of sp³-hybridized carbons (Fsp3) is 0.467. The van der Waals surface area contributed by atoms with E-state index >= 15 is 0 Å². The van der Waals surface area contributed by atoms with Crippen molar-refractivity contribution >= 4 is 17.8 Å². The van der Waals surface area contributed by atoms with Crippen molar-refractivity contribution < 1.29 is 24.3 Å². The second-order valence-electron chi connectivity index (χ2n) is 10.8. The molecule has 0 saturated heterocycles. The predicted octanol–water partition coefficient (Wildman–Crippen LogP) is 5.22. The standard InChI is InChI=1S/C30H35N7O6/c1-2-3-12-26-31-30(17-6-7-18-30)28(38)35(26)21-22-13-15-23(16-14-22)24-10-4-5-11-25(24)27-32-34-36(33-27)29(39)42-19-8-9-20-43-37(40)41/h4-5,10-11,13-16H,2-3,6-9,12,17-21H2,1H3. The lowest BCUT2D eigenvalue weighted by molar-refractivity contribution is -0.757. The molecule has 2 aromatic carbocycles. The Morgan fingerprint density at radius 3 is 2.47 bits per heavy atom. The van der Waals surface area contributed by atoms with Crippen LogP contribution in [0.25, 0.3) is 22.5 Å². The van der Waals surface area contributed by atoms with Gasteiger partial charge in [-0.15, -0.1) is 20.3 Å². The van der Waals surface area contributed by atoms with E-state index in [-0.39, 0.29) is 24.9 Å². The Hall–Kier alpha value is -4.68. The van der Waals surface area contributed by atoms with E-state index in [1.54, 1.807) is 0 Å². The van der Waals surface area contributed by atoms with Crippen LogP contribution in [-0.2, 0) is 20.9 Å². The minimum atomic E-state index is -0.861. The number of ether oxygens (including phenoxy) is 1. The number of aliphatic imine (C=N–C) groups is 1. The van der Waals surface area contributed by atoms with Gasteiger partial charge in [0.05, 0.1) is 19.8 Å². The number of benzene rings is 2. The molecule has 5 rings (SSSR count). The van der Waals surface area contributed by atoms with Gasteiger partial charge in [0.15, 0.2) is 0 Å². The molecule has 1 saturated carbocycles. The van der Waals surface area contributed by atoms with Crippen LogP contribution in [0.4, 0.5) is 4.79 Å². The summed E-state index contributed by atoms with van der Waals surface area (Å²) in [5.74, 6) is 1.32. The monoisotopic (exact) mass is 589 g/mol. The molecular weight excluding hydrogens is 554 g/mol. The van der Waals surface area contributed by atoms with Gasteiger partial charge in [-0.1, -0.05) is 79.5 Å². The zero-order chi connectivity index (χ0) is 30.2. The first-order valence-corrected chi connectivity index (χ1v) is 14.7. The minimum absolute atomic E-state index is 0.0374. The number of carbonyl (C=O) groups excluding carboxylic acids is 2. The Kier molecular flexibility index (Phi) is 9.38. The van der Waals surface area contributed by atoms with Crippen molar-refractivity contribution in [2.75, 3.05) is 13.2 Å². The van der Waals surface area contributed by atoms with Gasteiger partial charge in [-0.2, -0.15) is 0 Å². The normalized spacial score (nSPS) is 15.6. The van der Waals surface area contributed by atoms with Crippen molar-refractivity contribution in [1.29, 1.82) is 0 Å². The molecule has 0 radical (unpaired) electrons. The maximum atomic E-state index is 13.5. The molecule has 0 unspecified atom stereocenters. The van der Waals surface area contributed by atoms with Crippen LogP contribution in [0.1, 0.15) is 70.3 Å². The Morgan fingerprint density at radius 2 is 1.74 bits per heavy atom. The third-order valence-electron chi connectivity index (χ3n) is 7.79. The number of amides is 1. The van der Waals surface area contributed by atoms with Gasteiger partial charge in [-0.25, -0.2) is 4.79 Å². The summed E-state index contributed by atoms with van der Waals surface area (Å²) in [6.07, 6.45) is 6.60. The van der Waals surface area contributed by atoms with Crippen LogP contribution in [0, 0.1) is 10.1 Å². The maximum Gasteiger partial charge on any atom is 0.453 e. The molecule has 0 bridgehead atoms. The maximum absolute atomic E-state index is 13.5. The van der Waals surface area contributed by atoms with Gasteiger partial charge in [0, 0.05) is 12.0 Å². The minimum Gasteiger partial charge on any atom is -0.447 e. The summed E-state index contributed by atoms with van der Waals surface area (Å²) in [5, 5.41) is 21.4. The van der Waals surface area contributed by atoms with Gasteiger partial charge >= 0.3 is 6.09 Å². The first-order valence-electron chi connectivity index (χ1n) is 14.7. The van der Waals surface area contributed by atoms with Crippen LogP contribution >= 0.6 is 0 Å². The molecule has 2 heterocycles. The molecule has 0 atom stereocenters. The van der Waals surface area contributed by atoms with Crippen molar-refractivity contribution in [2.24, 2.45) is 4.99 Å². The first-order chi connectivity index (χ1) is 20.9. The highest BCUT2D eigenvalue weighted by atomic mass is 16.9. The van der Waals surface area contributed by atoms with Gasteiger partial charge in [-0.05, 0) is 54.0 Å². The highest BCUT2D eigenvalue weighted by Gasteiger charge is 2.49. The lowest BCUT2D eigenvalue weighted by atomic mass is 9.97. The SMILES string of the molecule is CCCCC1=NC2(CCCC2)C(=O)N1Cc1ccc(-c2ccccc2-c2nnn(C(=O)OCCCCO[N+](=O)[O-])n2)cc1. The predicted molar refractivity (Wildman–Crippen MR) is 156 cm³/mol. The number of carbonyl (C=O) groups is 2. The molecule has 1 aliphatic heterocycles. The van der Waals surface area contributed by atoms with Gasteiger partial charge < -0.3 is 9.57 Å². The van der Waals surface area contributed by atoms with Crippen LogP contribution in [-0.4, -0.2) is 66.8 Å². The summed E-state index contributed by atoms with van der Waals surface area (Å²) in [6, 6.07) is 15.6. The average molecular weight is 590 g/mol. The number of rotatable bonds is 13. The number of nitrogens with zero attached hydrogens (tertiary/aromatic N) is 7. The lowest BCUT2D eigenvalue weighted by Gasteiger charge is -2.23. The van der Waals surface area contributed by atoms with Crippen LogP contribution in [0.5, 0.6) is 0 Å². The van der Waals surface area contributed by atoms with Crippen LogP contribution < -0.4 is 0 Å². The summed E-state index contributed by atoms with van der Waals surface area (Å²) in [5.41, 5.74) is 2.95. The van der Waals surface area contributed by atoms with E-state index < -0.39 is 16.7 Å². The Bertz CT molecular complexity index is 1480. The number of unbranched alkanes of at least 4 members (excludes halogenated alkanes) is 2. The van der Waals surface area contributed by atoms with Crippen molar-refractivity contribution in [2.45, 2.75) is 76.8 Å². The summed E-state index contributed by atoms with van der Waals surface area (Å²) in [6.45, 7) is 2.61. The molecule has 1 spiro atoms. The largest absolute Gasteiger partial charge is 0.453 e. The first kappa shape index (κ1) is 29.8. The highest BCUT2D eigenvalue weighted by molar-refractivity contribution is 6.08. The molecule has 43 heavy (non-hydrogen) atoms. The summed E-state index contributed by atoms with van der Waals surface area (Å²) >= 11 is 0.